The Bertz CT molecular complexity index is 2880. The highest BCUT2D eigenvalue weighted by Crippen LogP contribution is 2.43. The molecule has 0 radical (unpaired) electrons. The van der Waals surface area contributed by atoms with Crippen LogP contribution in [0.1, 0.15) is 30.4 Å². The van der Waals surface area contributed by atoms with Crippen LogP contribution in [0.5, 0.6) is 5.75 Å². The second-order valence-corrected chi connectivity index (χ2v) is 15.4. The molecule has 8 rings (SSSR count). The fraction of sp³-hybridized carbons (Fsp3) is 0.0976. The molecule has 0 atom stereocenters. The van der Waals surface area contributed by atoms with E-state index >= 15 is 0 Å². The number of hydrogen-bond donors (Lipinski definition) is 0. The highest BCUT2D eigenvalue weighted by molar-refractivity contribution is 7.86. The molecule has 0 aliphatic carbocycles. The maximum Gasteiger partial charge on any atom is 0.374 e. The second-order valence-electron chi connectivity index (χ2n) is 12.7. The van der Waals surface area contributed by atoms with Crippen molar-refractivity contribution in [3.05, 3.63) is 156 Å². The molecular formula is C41H31N2O8S2-. The first-order valence-corrected chi connectivity index (χ1v) is 19.6. The van der Waals surface area contributed by atoms with E-state index in [0.717, 1.165) is 27.1 Å². The number of aromatic nitrogens is 1. The third kappa shape index (κ3) is 6.69. The van der Waals surface area contributed by atoms with Crippen LogP contribution in [-0.2, 0) is 33.3 Å². The minimum absolute atomic E-state index is 0.0312. The second kappa shape index (κ2) is 13.3. The summed E-state index contributed by atoms with van der Waals surface area (Å²) in [4.78, 5) is 1.22. The summed E-state index contributed by atoms with van der Waals surface area (Å²) in [7, 11) is -9.53. The minimum atomic E-state index is -4.76. The average molecular weight is 744 g/mol. The van der Waals surface area contributed by atoms with Gasteiger partial charge in [0.25, 0.3) is 5.52 Å². The Labute approximate surface area is 306 Å². The van der Waals surface area contributed by atoms with E-state index in [-0.39, 0.29) is 22.9 Å². The van der Waals surface area contributed by atoms with Gasteiger partial charge in [0.05, 0.1) is 28.1 Å². The van der Waals surface area contributed by atoms with Crippen LogP contribution in [0.3, 0.4) is 0 Å². The third-order valence-corrected chi connectivity index (χ3v) is 11.2. The summed E-state index contributed by atoms with van der Waals surface area (Å²) < 4.78 is 88.3. The Balaban J connectivity index is 1.28. The van der Waals surface area contributed by atoms with E-state index in [0.29, 0.717) is 51.9 Å². The molecule has 1 aliphatic heterocycles. The third-order valence-electron chi connectivity index (χ3n) is 9.36. The minimum Gasteiger partial charge on any atom is -0.744 e. The van der Waals surface area contributed by atoms with Crippen LogP contribution in [-0.4, -0.2) is 25.9 Å². The molecular weight excluding hydrogens is 713 g/mol. The fourth-order valence-electron chi connectivity index (χ4n) is 6.77. The Kier molecular flexibility index (Phi) is 8.62. The molecule has 0 unspecified atom stereocenters. The van der Waals surface area contributed by atoms with Gasteiger partial charge in [-0.25, -0.2) is 16.8 Å². The highest BCUT2D eigenvalue weighted by Gasteiger charge is 2.30. The van der Waals surface area contributed by atoms with E-state index in [1.165, 1.54) is 24.3 Å². The summed E-state index contributed by atoms with van der Waals surface area (Å²) in [5.74, 6) is 1.36. The fourth-order valence-corrected chi connectivity index (χ4v) is 8.17. The molecule has 53 heavy (non-hydrogen) atoms. The molecule has 266 valence electrons. The highest BCUT2D eigenvalue weighted by atomic mass is 32.2. The molecule has 12 heteroatoms. The van der Waals surface area contributed by atoms with E-state index in [1.54, 1.807) is 24.3 Å². The molecule has 0 fully saturated rings. The summed E-state index contributed by atoms with van der Waals surface area (Å²) in [6.07, 6.45) is 4.18. The molecule has 10 nitrogen and oxygen atoms in total. The Morgan fingerprint density at radius 1 is 0.717 bits per heavy atom. The quantitative estimate of drug-likeness (QED) is 0.108. The molecule has 1 aromatic heterocycles. The summed E-state index contributed by atoms with van der Waals surface area (Å²) >= 11 is 0. The zero-order valence-corrected chi connectivity index (χ0v) is 29.9. The van der Waals surface area contributed by atoms with Crippen LogP contribution in [0, 0.1) is 0 Å². The lowest BCUT2D eigenvalue weighted by Gasteiger charge is -2.21. The van der Waals surface area contributed by atoms with Gasteiger partial charge in [-0.1, -0.05) is 91.9 Å². The normalized spacial score (nSPS) is 14.4. The van der Waals surface area contributed by atoms with E-state index in [9.17, 15) is 25.9 Å². The zero-order valence-electron chi connectivity index (χ0n) is 28.3. The van der Waals surface area contributed by atoms with Crippen LogP contribution in [0.2, 0.25) is 0 Å². The van der Waals surface area contributed by atoms with E-state index in [4.69, 9.17) is 9.15 Å². The lowest BCUT2D eigenvalue weighted by Crippen LogP contribution is -2.36. The number of rotatable bonds is 9. The van der Waals surface area contributed by atoms with E-state index < -0.39 is 20.2 Å². The molecule has 2 heterocycles. The first kappa shape index (κ1) is 34.3. The van der Waals surface area contributed by atoms with Gasteiger partial charge >= 0.3 is 5.89 Å². The van der Waals surface area contributed by atoms with Crippen LogP contribution in [0.4, 0.5) is 5.69 Å². The Morgan fingerprint density at radius 3 is 1.91 bits per heavy atom. The number of ether oxygens (including phenoxy) is 1. The van der Waals surface area contributed by atoms with Gasteiger partial charge in [0.15, 0.2) is 12.3 Å². The standard InChI is InChI=1S/C41H32N2O8S2/c1-2-27(19-40-42(25-32-15-7-9-17-38(32)52(44,45)46)34-21-28-11-3-5-13-30(28)23-36(34)50-40)20-41-43(26-33-16-8-10-18-39(33)53(47,48)49)35-22-29-12-4-6-14-31(29)24-37(35)51-41/h3-24H,2,25-26H2,1H3,(H-,44,45,46,47,48,49)/p-1. The molecule has 0 saturated heterocycles. The van der Waals surface area contributed by atoms with Crippen molar-refractivity contribution in [3.8, 4) is 5.75 Å². The molecule has 0 N–H and O–H groups in total. The van der Waals surface area contributed by atoms with Crippen molar-refractivity contribution in [2.24, 2.45) is 0 Å². The molecule has 6 aromatic carbocycles. The molecule has 0 saturated carbocycles. The first-order chi connectivity index (χ1) is 25.5. The number of nitrogens with zero attached hydrogens (tertiary/aromatic N) is 2. The summed E-state index contributed by atoms with van der Waals surface area (Å²) in [5.41, 5.74) is 3.35. The number of anilines is 1. The zero-order chi connectivity index (χ0) is 36.9. The maximum atomic E-state index is 12.3. The number of allylic oxidation sites excluding steroid dienone is 2. The van der Waals surface area contributed by atoms with Crippen molar-refractivity contribution in [2.45, 2.75) is 36.2 Å². The van der Waals surface area contributed by atoms with E-state index in [1.807, 2.05) is 101 Å². The summed E-state index contributed by atoms with van der Waals surface area (Å²) in [5, 5.41) is 3.82. The van der Waals surface area contributed by atoms with Crippen molar-refractivity contribution < 1.29 is 39.7 Å². The van der Waals surface area contributed by atoms with Gasteiger partial charge in [0.1, 0.15) is 20.2 Å². The van der Waals surface area contributed by atoms with Crippen molar-refractivity contribution in [2.75, 3.05) is 4.90 Å². The summed E-state index contributed by atoms with van der Waals surface area (Å²) in [6.45, 7) is 2.02. The Morgan fingerprint density at radius 2 is 1.26 bits per heavy atom. The lowest BCUT2D eigenvalue weighted by atomic mass is 10.1. The first-order valence-electron chi connectivity index (χ1n) is 16.8. The SMILES string of the molecule is CCC(=Cc1oc2cc3ccccc3cc2[n+]1Cc1ccccc1S(=O)(=O)[O-])C=C1Oc2cc3ccccc3cc2N1Cc1ccccc1S(=O)(=O)[O-]. The summed E-state index contributed by atoms with van der Waals surface area (Å²) in [6, 6.07) is 35.6. The molecule has 0 spiro atoms. The number of fused-ring (bicyclic) bond motifs is 4. The number of benzene rings is 6. The Hall–Kier alpha value is -5.79. The lowest BCUT2D eigenvalue weighted by molar-refractivity contribution is -0.669. The van der Waals surface area contributed by atoms with Crippen molar-refractivity contribution >= 4 is 64.6 Å². The van der Waals surface area contributed by atoms with Crippen molar-refractivity contribution in [1.82, 2.24) is 0 Å². The van der Waals surface area contributed by atoms with Gasteiger partial charge < -0.3 is 23.2 Å². The van der Waals surface area contributed by atoms with Crippen molar-refractivity contribution in [1.29, 1.82) is 0 Å². The van der Waals surface area contributed by atoms with Gasteiger partial charge in [-0.2, -0.15) is 4.57 Å². The van der Waals surface area contributed by atoms with Crippen LogP contribution in [0.15, 0.2) is 153 Å². The van der Waals surface area contributed by atoms with Crippen LogP contribution >= 0.6 is 0 Å². The molecule has 1 aliphatic rings. The predicted octanol–water partition coefficient (Wildman–Crippen LogP) is 7.62. The van der Waals surface area contributed by atoms with Crippen LogP contribution < -0.4 is 14.2 Å². The van der Waals surface area contributed by atoms with Gasteiger partial charge in [0, 0.05) is 17.7 Å². The van der Waals surface area contributed by atoms with Gasteiger partial charge in [-0.15, -0.1) is 0 Å². The smallest absolute Gasteiger partial charge is 0.374 e. The topological polar surface area (TPSA) is 144 Å². The van der Waals surface area contributed by atoms with E-state index in [2.05, 4.69) is 0 Å². The maximum absolute atomic E-state index is 12.3. The van der Waals surface area contributed by atoms with Crippen LogP contribution in [0.25, 0.3) is 38.7 Å². The number of oxazole rings is 1. The molecule has 0 bridgehead atoms. The average Bonchev–Trinajstić information content (AvgIpc) is 3.63. The monoisotopic (exact) mass is 743 g/mol. The molecule has 7 aromatic rings. The number of hydrogen-bond acceptors (Lipinski definition) is 9. The van der Waals surface area contributed by atoms with Crippen molar-refractivity contribution in [3.63, 3.8) is 0 Å². The predicted molar refractivity (Wildman–Crippen MR) is 199 cm³/mol. The van der Waals surface area contributed by atoms with Gasteiger partial charge in [-0.05, 0) is 69.4 Å². The van der Waals surface area contributed by atoms with Gasteiger partial charge in [0.2, 0.25) is 11.5 Å². The molecule has 0 amide bonds. The largest absolute Gasteiger partial charge is 0.744 e. The van der Waals surface area contributed by atoms with Gasteiger partial charge in [-0.3, -0.25) is 0 Å².